The van der Waals surface area contributed by atoms with E-state index < -0.39 is 6.10 Å². The molecule has 2 N–H and O–H groups in total. The maximum absolute atomic E-state index is 9.48. The van der Waals surface area contributed by atoms with E-state index in [1.807, 2.05) is 12.1 Å². The molecule has 0 spiro atoms. The first-order valence-electron chi connectivity index (χ1n) is 4.67. The van der Waals surface area contributed by atoms with Gasteiger partial charge in [0, 0.05) is 0 Å². The van der Waals surface area contributed by atoms with E-state index in [1.165, 1.54) is 11.1 Å². The molecule has 2 heteroatoms. The van der Waals surface area contributed by atoms with Gasteiger partial charge in [0.25, 0.3) is 0 Å². The lowest BCUT2D eigenvalue weighted by atomic mass is 10.00. The zero-order valence-electron chi connectivity index (χ0n) is 7.48. The largest absolute Gasteiger partial charge is 0.394 e. The van der Waals surface area contributed by atoms with Crippen molar-refractivity contribution < 1.29 is 10.2 Å². The Hall–Kier alpha value is -0.860. The Labute approximate surface area is 77.8 Å². The summed E-state index contributed by atoms with van der Waals surface area (Å²) in [4.78, 5) is 0. The molecule has 0 aromatic heterocycles. The molecule has 1 unspecified atom stereocenters. The van der Waals surface area contributed by atoms with Gasteiger partial charge in [0.15, 0.2) is 0 Å². The van der Waals surface area contributed by atoms with E-state index in [0.29, 0.717) is 0 Å². The van der Waals surface area contributed by atoms with Crippen LogP contribution in [0.3, 0.4) is 0 Å². The van der Waals surface area contributed by atoms with Crippen molar-refractivity contribution in [2.75, 3.05) is 6.61 Å². The normalized spacial score (nSPS) is 18.6. The van der Waals surface area contributed by atoms with Crippen molar-refractivity contribution in [3.8, 4) is 0 Å². The number of aliphatic hydroxyl groups excluding tert-OH is 2. The second kappa shape index (κ2) is 3.48. The SMILES string of the molecule is OCC(O)C1Cc2ccccc2C1. The highest BCUT2D eigenvalue weighted by Crippen LogP contribution is 2.28. The van der Waals surface area contributed by atoms with Gasteiger partial charge < -0.3 is 10.2 Å². The van der Waals surface area contributed by atoms with Crippen LogP contribution in [-0.4, -0.2) is 22.9 Å². The molecule has 0 aliphatic heterocycles. The second-order valence-electron chi connectivity index (χ2n) is 3.69. The molecular weight excluding hydrogens is 164 g/mol. The van der Waals surface area contributed by atoms with Crippen molar-refractivity contribution in [2.24, 2.45) is 5.92 Å². The van der Waals surface area contributed by atoms with Gasteiger partial charge in [0.05, 0.1) is 12.7 Å². The van der Waals surface area contributed by atoms with Crippen molar-refractivity contribution in [3.05, 3.63) is 35.4 Å². The molecule has 1 aliphatic rings. The highest BCUT2D eigenvalue weighted by molar-refractivity contribution is 5.32. The minimum absolute atomic E-state index is 0.126. The quantitative estimate of drug-likeness (QED) is 0.701. The van der Waals surface area contributed by atoms with Crippen LogP contribution in [0.4, 0.5) is 0 Å². The Morgan fingerprint density at radius 2 is 1.77 bits per heavy atom. The number of fused-ring (bicyclic) bond motifs is 1. The van der Waals surface area contributed by atoms with Crippen LogP contribution in [0.25, 0.3) is 0 Å². The fourth-order valence-corrected chi connectivity index (χ4v) is 2.01. The van der Waals surface area contributed by atoms with Gasteiger partial charge in [-0.1, -0.05) is 24.3 Å². The third-order valence-electron chi connectivity index (χ3n) is 2.81. The van der Waals surface area contributed by atoms with Crippen molar-refractivity contribution in [3.63, 3.8) is 0 Å². The summed E-state index contributed by atoms with van der Waals surface area (Å²) in [6, 6.07) is 8.23. The average Bonchev–Trinajstić information content (AvgIpc) is 2.59. The van der Waals surface area contributed by atoms with Gasteiger partial charge in [-0.2, -0.15) is 0 Å². The van der Waals surface area contributed by atoms with Crippen molar-refractivity contribution >= 4 is 0 Å². The number of aliphatic hydroxyl groups is 2. The molecular formula is C11H14O2. The Morgan fingerprint density at radius 3 is 2.23 bits per heavy atom. The Bertz CT molecular complexity index is 271. The molecule has 13 heavy (non-hydrogen) atoms. The molecule has 2 nitrogen and oxygen atoms in total. The van der Waals surface area contributed by atoms with Crippen LogP contribution >= 0.6 is 0 Å². The molecule has 70 valence electrons. The van der Waals surface area contributed by atoms with Crippen molar-refractivity contribution in [1.29, 1.82) is 0 Å². The van der Waals surface area contributed by atoms with Gasteiger partial charge in [0.2, 0.25) is 0 Å². The summed E-state index contributed by atoms with van der Waals surface area (Å²) in [6.07, 6.45) is 1.24. The number of hydrogen-bond acceptors (Lipinski definition) is 2. The molecule has 2 rings (SSSR count). The van der Waals surface area contributed by atoms with E-state index in [0.717, 1.165) is 12.8 Å². The molecule has 0 radical (unpaired) electrons. The fraction of sp³-hybridized carbons (Fsp3) is 0.455. The second-order valence-corrected chi connectivity index (χ2v) is 3.69. The molecule has 0 bridgehead atoms. The molecule has 1 atom stereocenters. The maximum Gasteiger partial charge on any atom is 0.0805 e. The number of hydrogen-bond donors (Lipinski definition) is 2. The van der Waals surface area contributed by atoms with E-state index in [-0.39, 0.29) is 12.5 Å². The van der Waals surface area contributed by atoms with Gasteiger partial charge in [-0.25, -0.2) is 0 Å². The average molecular weight is 178 g/mol. The molecule has 0 saturated heterocycles. The molecule has 0 saturated carbocycles. The van der Waals surface area contributed by atoms with E-state index in [1.54, 1.807) is 0 Å². The van der Waals surface area contributed by atoms with Crippen LogP contribution in [0.1, 0.15) is 11.1 Å². The molecule has 0 heterocycles. The summed E-state index contributed by atoms with van der Waals surface area (Å²) in [5.41, 5.74) is 2.64. The number of rotatable bonds is 2. The standard InChI is InChI=1S/C11H14O2/c12-7-11(13)10-5-8-3-1-2-4-9(8)6-10/h1-4,10-13H,5-7H2. The van der Waals surface area contributed by atoms with E-state index in [9.17, 15) is 5.11 Å². The molecule has 0 amide bonds. The summed E-state index contributed by atoms with van der Waals surface area (Å²) >= 11 is 0. The molecule has 1 aromatic rings. The van der Waals surface area contributed by atoms with E-state index in [2.05, 4.69) is 12.1 Å². The minimum Gasteiger partial charge on any atom is -0.394 e. The highest BCUT2D eigenvalue weighted by Gasteiger charge is 2.26. The lowest BCUT2D eigenvalue weighted by molar-refractivity contribution is 0.0506. The van der Waals surface area contributed by atoms with Crippen molar-refractivity contribution in [2.45, 2.75) is 18.9 Å². The lowest BCUT2D eigenvalue weighted by Gasteiger charge is -2.14. The third-order valence-corrected chi connectivity index (χ3v) is 2.81. The van der Waals surface area contributed by atoms with Gasteiger partial charge in [-0.3, -0.25) is 0 Å². The first kappa shape index (κ1) is 8.73. The summed E-state index contributed by atoms with van der Waals surface area (Å²) in [6.45, 7) is -0.126. The zero-order chi connectivity index (χ0) is 9.26. The molecule has 1 aromatic carbocycles. The monoisotopic (exact) mass is 178 g/mol. The predicted molar refractivity (Wildman–Crippen MR) is 50.4 cm³/mol. The van der Waals surface area contributed by atoms with Crippen LogP contribution in [0.2, 0.25) is 0 Å². The topological polar surface area (TPSA) is 40.5 Å². The van der Waals surface area contributed by atoms with Crippen LogP contribution in [0, 0.1) is 5.92 Å². The van der Waals surface area contributed by atoms with Crippen LogP contribution in [0.15, 0.2) is 24.3 Å². The van der Waals surface area contributed by atoms with E-state index in [4.69, 9.17) is 5.11 Å². The van der Waals surface area contributed by atoms with Gasteiger partial charge in [-0.15, -0.1) is 0 Å². The van der Waals surface area contributed by atoms with Crippen LogP contribution < -0.4 is 0 Å². The Balaban J connectivity index is 2.14. The first-order chi connectivity index (χ1) is 6.31. The first-order valence-corrected chi connectivity index (χ1v) is 4.67. The Kier molecular flexibility index (Phi) is 2.34. The smallest absolute Gasteiger partial charge is 0.0805 e. The zero-order valence-corrected chi connectivity index (χ0v) is 7.48. The summed E-state index contributed by atoms with van der Waals surface area (Å²) < 4.78 is 0. The van der Waals surface area contributed by atoms with E-state index >= 15 is 0 Å². The number of benzene rings is 1. The lowest BCUT2D eigenvalue weighted by Crippen LogP contribution is -2.24. The molecule has 1 aliphatic carbocycles. The third kappa shape index (κ3) is 1.60. The molecule has 0 fully saturated rings. The van der Waals surface area contributed by atoms with Gasteiger partial charge in [0.1, 0.15) is 0 Å². The summed E-state index contributed by atoms with van der Waals surface area (Å²) in [5, 5.41) is 18.3. The van der Waals surface area contributed by atoms with Crippen molar-refractivity contribution in [1.82, 2.24) is 0 Å². The highest BCUT2D eigenvalue weighted by atomic mass is 16.3. The van der Waals surface area contributed by atoms with Gasteiger partial charge >= 0.3 is 0 Å². The van der Waals surface area contributed by atoms with Crippen LogP contribution in [0.5, 0.6) is 0 Å². The van der Waals surface area contributed by atoms with Crippen LogP contribution in [-0.2, 0) is 12.8 Å². The minimum atomic E-state index is -0.563. The summed E-state index contributed by atoms with van der Waals surface area (Å²) in [7, 11) is 0. The maximum atomic E-state index is 9.48. The predicted octanol–water partition coefficient (Wildman–Crippen LogP) is 0.755. The fourth-order valence-electron chi connectivity index (χ4n) is 2.01. The summed E-state index contributed by atoms with van der Waals surface area (Å²) in [5.74, 6) is 0.211. The van der Waals surface area contributed by atoms with Gasteiger partial charge in [-0.05, 0) is 29.9 Å². The Morgan fingerprint density at radius 1 is 1.23 bits per heavy atom.